The summed E-state index contributed by atoms with van der Waals surface area (Å²) in [5.41, 5.74) is 3.63. The summed E-state index contributed by atoms with van der Waals surface area (Å²) in [7, 11) is 1.97. The molecule has 1 aliphatic heterocycles. The number of hydrogen-bond acceptors (Lipinski definition) is 5. The number of imidazole rings is 1. The quantitative estimate of drug-likeness (QED) is 0.245. The molecule has 2 fully saturated rings. The number of anilines is 1. The monoisotopic (exact) mass is 597 g/mol. The number of rotatable bonds is 8. The van der Waals surface area contributed by atoms with E-state index in [0.29, 0.717) is 34.6 Å². The van der Waals surface area contributed by atoms with Gasteiger partial charge in [-0.1, -0.05) is 23.7 Å². The molecule has 42 heavy (non-hydrogen) atoms. The van der Waals surface area contributed by atoms with E-state index in [-0.39, 0.29) is 12.5 Å². The lowest BCUT2D eigenvalue weighted by atomic mass is 9.81. The van der Waals surface area contributed by atoms with Crippen molar-refractivity contribution >= 4 is 34.2 Å². The summed E-state index contributed by atoms with van der Waals surface area (Å²) in [6, 6.07) is 15.7. The Kier molecular flexibility index (Phi) is 7.85. The van der Waals surface area contributed by atoms with E-state index < -0.39 is 30.5 Å². The molecule has 0 radical (unpaired) electrons. The number of piperidine rings is 1. The molecule has 3 heterocycles. The fourth-order valence-corrected chi connectivity index (χ4v) is 5.83. The van der Waals surface area contributed by atoms with Crippen molar-refractivity contribution in [2.45, 2.75) is 50.7 Å². The van der Waals surface area contributed by atoms with Gasteiger partial charge in [-0.3, -0.25) is 9.69 Å². The molecule has 6 rings (SSSR count). The molecule has 1 aliphatic carbocycles. The van der Waals surface area contributed by atoms with Gasteiger partial charge in [-0.25, -0.2) is 23.1 Å². The first-order chi connectivity index (χ1) is 20.1. The van der Waals surface area contributed by atoms with Crippen LogP contribution in [0.2, 0.25) is 5.02 Å². The van der Waals surface area contributed by atoms with Crippen LogP contribution in [0.1, 0.15) is 48.7 Å². The molecule has 0 bridgehead atoms. The van der Waals surface area contributed by atoms with Crippen molar-refractivity contribution in [2.24, 2.45) is 13.0 Å². The summed E-state index contributed by atoms with van der Waals surface area (Å²) in [5.74, 6) is -2.50. The summed E-state index contributed by atoms with van der Waals surface area (Å²) < 4.78 is 48.2. The molecule has 1 saturated carbocycles. The van der Waals surface area contributed by atoms with E-state index in [4.69, 9.17) is 26.3 Å². The van der Waals surface area contributed by atoms with Crippen molar-refractivity contribution in [1.29, 1.82) is 0 Å². The third kappa shape index (κ3) is 6.24. The second-order valence-electron chi connectivity index (χ2n) is 11.2. The lowest BCUT2D eigenvalue weighted by molar-refractivity contribution is -0.145. The average Bonchev–Trinajstić information content (AvgIpc) is 3.25. The van der Waals surface area contributed by atoms with E-state index >= 15 is 0 Å². The highest BCUT2D eigenvalue weighted by Crippen LogP contribution is 2.42. The highest BCUT2D eigenvalue weighted by Gasteiger charge is 2.48. The van der Waals surface area contributed by atoms with Gasteiger partial charge in [0.15, 0.2) is 0 Å². The number of ether oxygens (including phenoxy) is 1. The number of hydrogen-bond donors (Lipinski definition) is 1. The molecule has 2 aliphatic rings. The maximum absolute atomic E-state index is 14.1. The third-order valence-corrected chi connectivity index (χ3v) is 8.44. The topological polar surface area (TPSA) is 72.3 Å². The van der Waals surface area contributed by atoms with Crippen LogP contribution in [0.5, 0.6) is 5.88 Å². The van der Waals surface area contributed by atoms with Crippen LogP contribution in [0.25, 0.3) is 11.0 Å². The molecule has 0 atom stereocenters. The van der Waals surface area contributed by atoms with Crippen molar-refractivity contribution in [2.75, 3.05) is 18.4 Å². The molecule has 2 aromatic carbocycles. The standard InChI is InChI=1S/C31H31ClF3N5O2/c1-39-27-8-7-23(36-30(41)21-15-31(34,35)16-21)14-26(27)37-28(39)17-40-11-9-19(10-12-40)25-3-2-4-29(38-25)42-18-20-5-6-22(32)13-24(20)33/h2-8,13-14,19,21H,9-12,15-18H2,1H3,(H,36,41). The number of pyridine rings is 1. The van der Waals surface area contributed by atoms with Crippen LogP contribution in [0.4, 0.5) is 18.9 Å². The molecule has 7 nitrogen and oxygen atoms in total. The molecule has 1 saturated heterocycles. The van der Waals surface area contributed by atoms with Crippen LogP contribution >= 0.6 is 11.6 Å². The predicted molar refractivity (Wildman–Crippen MR) is 154 cm³/mol. The van der Waals surface area contributed by atoms with Crippen LogP contribution < -0.4 is 10.1 Å². The van der Waals surface area contributed by atoms with Crippen LogP contribution in [0.15, 0.2) is 54.6 Å². The number of carbonyl (C=O) groups excluding carboxylic acids is 1. The molecule has 0 spiro atoms. The van der Waals surface area contributed by atoms with Gasteiger partial charge in [-0.2, -0.15) is 0 Å². The fraction of sp³-hybridized carbons (Fsp3) is 0.387. The van der Waals surface area contributed by atoms with E-state index in [9.17, 15) is 18.0 Å². The molecule has 1 amide bonds. The molecule has 2 aromatic heterocycles. The largest absolute Gasteiger partial charge is 0.473 e. The summed E-state index contributed by atoms with van der Waals surface area (Å²) in [5, 5.41) is 3.10. The normalized spacial score (nSPS) is 17.7. The Balaban J connectivity index is 1.04. The Morgan fingerprint density at radius 3 is 2.62 bits per heavy atom. The van der Waals surface area contributed by atoms with E-state index in [1.54, 1.807) is 30.3 Å². The number of halogens is 4. The summed E-state index contributed by atoms with van der Waals surface area (Å²) in [4.78, 5) is 24.2. The van der Waals surface area contributed by atoms with E-state index in [0.717, 1.165) is 48.5 Å². The Labute approximate surface area is 246 Å². The second-order valence-corrected chi connectivity index (χ2v) is 11.7. The number of fused-ring (bicyclic) bond motifs is 1. The lowest BCUT2D eigenvalue weighted by Crippen LogP contribution is -2.42. The Morgan fingerprint density at radius 2 is 1.88 bits per heavy atom. The molecule has 4 aromatic rings. The number of benzene rings is 2. The van der Waals surface area contributed by atoms with Gasteiger partial charge in [-0.05, 0) is 62.3 Å². The molecule has 220 valence electrons. The summed E-state index contributed by atoms with van der Waals surface area (Å²) >= 11 is 5.83. The van der Waals surface area contributed by atoms with Crippen molar-refractivity contribution in [1.82, 2.24) is 19.4 Å². The molecule has 1 N–H and O–H groups in total. The predicted octanol–water partition coefficient (Wildman–Crippen LogP) is 6.70. The number of likely N-dealkylation sites (tertiary alicyclic amines) is 1. The number of alkyl halides is 2. The summed E-state index contributed by atoms with van der Waals surface area (Å²) in [6.45, 7) is 2.51. The van der Waals surface area contributed by atoms with Gasteiger partial charge in [0.05, 0.1) is 17.6 Å². The SMILES string of the molecule is Cn1c(CN2CCC(c3cccc(OCc4ccc(Cl)cc4F)n3)CC2)nc2cc(NC(=O)C3CC(F)(F)C3)ccc21. The van der Waals surface area contributed by atoms with Gasteiger partial charge >= 0.3 is 0 Å². The van der Waals surface area contributed by atoms with Crippen molar-refractivity contribution < 1.29 is 22.7 Å². The summed E-state index contributed by atoms with van der Waals surface area (Å²) in [6.07, 6.45) is 1.07. The first kappa shape index (κ1) is 28.5. The van der Waals surface area contributed by atoms with Crippen LogP contribution in [-0.2, 0) is 25.0 Å². The Bertz CT molecular complexity index is 1610. The minimum Gasteiger partial charge on any atom is -0.473 e. The van der Waals surface area contributed by atoms with Crippen LogP contribution in [0.3, 0.4) is 0 Å². The van der Waals surface area contributed by atoms with Gasteiger partial charge < -0.3 is 14.6 Å². The number of aromatic nitrogens is 3. The average molecular weight is 598 g/mol. The van der Waals surface area contributed by atoms with E-state index in [1.807, 2.05) is 29.8 Å². The van der Waals surface area contributed by atoms with Crippen molar-refractivity contribution in [3.05, 3.63) is 82.5 Å². The molecule has 11 heteroatoms. The number of aryl methyl sites for hydroxylation is 1. The molecular weight excluding hydrogens is 567 g/mol. The van der Waals surface area contributed by atoms with E-state index in [2.05, 4.69) is 10.2 Å². The van der Waals surface area contributed by atoms with Gasteiger partial charge in [0.1, 0.15) is 18.2 Å². The minimum absolute atomic E-state index is 0.0726. The maximum Gasteiger partial charge on any atom is 0.249 e. The Hall–Kier alpha value is -3.63. The number of nitrogens with one attached hydrogen (secondary N) is 1. The zero-order valence-corrected chi connectivity index (χ0v) is 23.9. The molecular formula is C31H31ClF3N5O2. The van der Waals surface area contributed by atoms with Crippen LogP contribution in [-0.4, -0.2) is 44.4 Å². The highest BCUT2D eigenvalue weighted by molar-refractivity contribution is 6.30. The van der Waals surface area contributed by atoms with E-state index in [1.165, 1.54) is 6.07 Å². The number of nitrogens with zero attached hydrogens (tertiary/aromatic N) is 4. The highest BCUT2D eigenvalue weighted by atomic mass is 35.5. The second kappa shape index (κ2) is 11.6. The fourth-order valence-electron chi connectivity index (χ4n) is 5.68. The molecule has 0 unspecified atom stereocenters. The van der Waals surface area contributed by atoms with Gasteiger partial charge in [-0.15, -0.1) is 0 Å². The van der Waals surface area contributed by atoms with Crippen molar-refractivity contribution in [3.8, 4) is 5.88 Å². The number of carbonyl (C=O) groups is 1. The lowest BCUT2D eigenvalue weighted by Gasteiger charge is -2.33. The first-order valence-corrected chi connectivity index (χ1v) is 14.4. The number of amides is 1. The van der Waals surface area contributed by atoms with Crippen LogP contribution in [0, 0.1) is 11.7 Å². The minimum atomic E-state index is -2.73. The smallest absolute Gasteiger partial charge is 0.249 e. The Morgan fingerprint density at radius 1 is 1.10 bits per heavy atom. The van der Waals surface area contributed by atoms with Crippen molar-refractivity contribution in [3.63, 3.8) is 0 Å². The first-order valence-electron chi connectivity index (χ1n) is 14.0. The zero-order valence-electron chi connectivity index (χ0n) is 23.1. The van der Waals surface area contributed by atoms with Gasteiger partial charge in [0, 0.05) is 59.8 Å². The van der Waals surface area contributed by atoms with Gasteiger partial charge in [0.25, 0.3) is 0 Å². The van der Waals surface area contributed by atoms with Gasteiger partial charge in [0.2, 0.25) is 17.7 Å². The maximum atomic E-state index is 14.1. The third-order valence-electron chi connectivity index (χ3n) is 8.21. The zero-order chi connectivity index (χ0) is 29.4.